The van der Waals surface area contributed by atoms with Gasteiger partial charge in [-0.05, 0) is 54.1 Å². The number of fused-ring (bicyclic) bond motifs is 1. The third-order valence-corrected chi connectivity index (χ3v) is 6.20. The zero-order valence-corrected chi connectivity index (χ0v) is 18.6. The van der Waals surface area contributed by atoms with Crippen LogP contribution in [-0.4, -0.2) is 28.4 Å². The number of H-pyrrole nitrogens is 1. The second-order valence-electron chi connectivity index (χ2n) is 8.15. The molecule has 6 rings (SSSR count). The average Bonchev–Trinajstić information content (AvgIpc) is 3.63. The predicted molar refractivity (Wildman–Crippen MR) is 128 cm³/mol. The van der Waals surface area contributed by atoms with Crippen molar-refractivity contribution >= 4 is 11.6 Å². The molecule has 3 aromatic carbocycles. The molecule has 5 aromatic rings. The minimum absolute atomic E-state index is 0.212. The molecule has 2 aromatic heterocycles. The maximum absolute atomic E-state index is 13.8. The van der Waals surface area contributed by atoms with Crippen molar-refractivity contribution in [1.82, 2.24) is 15.4 Å². The molecule has 172 valence electrons. The van der Waals surface area contributed by atoms with Crippen molar-refractivity contribution in [3.63, 3.8) is 0 Å². The van der Waals surface area contributed by atoms with Crippen LogP contribution in [0.25, 0.3) is 22.5 Å². The van der Waals surface area contributed by atoms with Crippen LogP contribution in [0.3, 0.4) is 0 Å². The molecule has 1 unspecified atom stereocenters. The lowest BCUT2D eigenvalue weighted by molar-refractivity contribution is 0.0989. The minimum atomic E-state index is -0.494. The minimum Gasteiger partial charge on any atom is -0.497 e. The van der Waals surface area contributed by atoms with Crippen molar-refractivity contribution in [3.8, 4) is 28.3 Å². The summed E-state index contributed by atoms with van der Waals surface area (Å²) in [6, 6.07) is 22.5. The molecule has 3 heterocycles. The second-order valence-corrected chi connectivity index (χ2v) is 8.15. The number of methoxy groups -OCH3 is 1. The van der Waals surface area contributed by atoms with Crippen LogP contribution in [0.2, 0.25) is 0 Å². The van der Waals surface area contributed by atoms with Crippen LogP contribution >= 0.6 is 0 Å². The molecule has 35 heavy (non-hydrogen) atoms. The van der Waals surface area contributed by atoms with Gasteiger partial charge in [0.1, 0.15) is 29.2 Å². The molecule has 1 aliphatic rings. The van der Waals surface area contributed by atoms with Crippen molar-refractivity contribution in [1.29, 1.82) is 0 Å². The van der Waals surface area contributed by atoms with Crippen LogP contribution in [0.15, 0.2) is 89.6 Å². The fourth-order valence-electron chi connectivity index (χ4n) is 4.50. The van der Waals surface area contributed by atoms with E-state index in [0.717, 1.165) is 28.0 Å². The summed E-state index contributed by atoms with van der Waals surface area (Å²) in [5.41, 5.74) is 5.69. The summed E-state index contributed by atoms with van der Waals surface area (Å²) in [7, 11) is 1.61. The van der Waals surface area contributed by atoms with Crippen LogP contribution in [0, 0.1) is 5.82 Å². The Morgan fingerprint density at radius 2 is 1.66 bits per heavy atom. The molecule has 1 amide bonds. The lowest BCUT2D eigenvalue weighted by Crippen LogP contribution is -2.29. The summed E-state index contributed by atoms with van der Waals surface area (Å²) < 4.78 is 24.0. The Morgan fingerprint density at radius 3 is 2.31 bits per heavy atom. The number of aromatic nitrogens is 3. The molecule has 0 fully saturated rings. The zero-order chi connectivity index (χ0) is 23.9. The number of aromatic amines is 1. The Kier molecular flexibility index (Phi) is 4.92. The summed E-state index contributed by atoms with van der Waals surface area (Å²) >= 11 is 0. The van der Waals surface area contributed by atoms with Gasteiger partial charge >= 0.3 is 0 Å². The maximum Gasteiger partial charge on any atom is 0.277 e. The molecule has 0 radical (unpaired) electrons. The molecule has 1 aliphatic heterocycles. The van der Waals surface area contributed by atoms with E-state index in [1.807, 2.05) is 48.5 Å². The van der Waals surface area contributed by atoms with Gasteiger partial charge in [0, 0.05) is 28.4 Å². The highest BCUT2D eigenvalue weighted by Gasteiger charge is 2.43. The average molecular weight is 466 g/mol. The molecule has 8 heteroatoms. The van der Waals surface area contributed by atoms with Crippen molar-refractivity contribution in [2.75, 3.05) is 12.0 Å². The number of nitrogens with one attached hydrogen (secondary N) is 1. The van der Waals surface area contributed by atoms with Crippen molar-refractivity contribution in [2.45, 2.75) is 6.04 Å². The van der Waals surface area contributed by atoms with Gasteiger partial charge < -0.3 is 9.26 Å². The molecule has 0 saturated carbocycles. The van der Waals surface area contributed by atoms with Gasteiger partial charge in [0.25, 0.3) is 5.91 Å². The molecular formula is C27H19FN4O3. The van der Waals surface area contributed by atoms with Crippen molar-refractivity contribution in [3.05, 3.63) is 108 Å². The third-order valence-electron chi connectivity index (χ3n) is 6.20. The van der Waals surface area contributed by atoms with Gasteiger partial charge in [-0.1, -0.05) is 29.4 Å². The topological polar surface area (TPSA) is 84.2 Å². The molecule has 0 saturated heterocycles. The first-order valence-electron chi connectivity index (χ1n) is 11.0. The van der Waals surface area contributed by atoms with Crippen molar-refractivity contribution in [2.24, 2.45) is 0 Å². The molecule has 7 nitrogen and oxygen atoms in total. The van der Waals surface area contributed by atoms with E-state index in [0.29, 0.717) is 22.8 Å². The number of benzene rings is 3. The Bertz CT molecular complexity index is 1490. The van der Waals surface area contributed by atoms with E-state index in [9.17, 15) is 9.18 Å². The number of anilines is 1. The number of amides is 1. The van der Waals surface area contributed by atoms with Crippen molar-refractivity contribution < 1.29 is 18.4 Å². The normalized spacial score (nSPS) is 14.9. The lowest BCUT2D eigenvalue weighted by Gasteiger charge is -2.26. The van der Waals surface area contributed by atoms with E-state index < -0.39 is 6.04 Å². The highest BCUT2D eigenvalue weighted by molar-refractivity contribution is 6.11. The first-order valence-corrected chi connectivity index (χ1v) is 11.0. The number of nitrogens with zero attached hydrogens (tertiary/aromatic N) is 3. The fraction of sp³-hybridized carbons (Fsp3) is 0.0741. The van der Waals surface area contributed by atoms with E-state index in [1.165, 1.54) is 18.4 Å². The predicted octanol–water partition coefficient (Wildman–Crippen LogP) is 5.63. The van der Waals surface area contributed by atoms with Gasteiger partial charge in [-0.2, -0.15) is 5.10 Å². The summed E-state index contributed by atoms with van der Waals surface area (Å²) in [4.78, 5) is 15.3. The van der Waals surface area contributed by atoms with E-state index in [4.69, 9.17) is 9.26 Å². The summed E-state index contributed by atoms with van der Waals surface area (Å²) in [6.45, 7) is 0. The van der Waals surface area contributed by atoms with Gasteiger partial charge in [0.05, 0.1) is 18.8 Å². The number of hydrogen-bond donors (Lipinski definition) is 1. The number of carbonyl (C=O) groups is 1. The fourth-order valence-corrected chi connectivity index (χ4v) is 4.50. The Labute approximate surface area is 199 Å². The molecular weight excluding hydrogens is 447 g/mol. The number of hydrogen-bond acceptors (Lipinski definition) is 5. The molecule has 0 bridgehead atoms. The standard InChI is InChI=1S/C27H19FN4O3/c1-34-21-12-6-17(7-13-21)24-23-25(30-29-24)27(33)32(26(23)18-2-8-19(28)9-3-18)20-10-4-16(5-11-20)22-14-15-35-31-22/h2-15,26H,1H3,(H,29,30). The number of ether oxygens (including phenoxy) is 1. The second kappa shape index (κ2) is 8.25. The van der Waals surface area contributed by atoms with Crippen LogP contribution in [0.5, 0.6) is 5.75 Å². The van der Waals surface area contributed by atoms with Crippen LogP contribution in [0.1, 0.15) is 27.7 Å². The molecule has 0 spiro atoms. The highest BCUT2D eigenvalue weighted by Crippen LogP contribution is 2.45. The number of carbonyl (C=O) groups excluding carboxylic acids is 1. The van der Waals surface area contributed by atoms with E-state index in [2.05, 4.69) is 15.4 Å². The number of rotatable bonds is 5. The summed E-state index contributed by atoms with van der Waals surface area (Å²) in [5.74, 6) is 0.168. The van der Waals surface area contributed by atoms with Crippen LogP contribution in [-0.2, 0) is 0 Å². The van der Waals surface area contributed by atoms with Gasteiger partial charge in [-0.15, -0.1) is 0 Å². The zero-order valence-electron chi connectivity index (χ0n) is 18.6. The lowest BCUT2D eigenvalue weighted by atomic mass is 9.95. The summed E-state index contributed by atoms with van der Waals surface area (Å²) in [5, 5.41) is 11.4. The van der Waals surface area contributed by atoms with Gasteiger partial charge in [0.2, 0.25) is 0 Å². The largest absolute Gasteiger partial charge is 0.497 e. The monoisotopic (exact) mass is 466 g/mol. The quantitative estimate of drug-likeness (QED) is 0.363. The Morgan fingerprint density at radius 1 is 0.943 bits per heavy atom. The van der Waals surface area contributed by atoms with Crippen LogP contribution < -0.4 is 9.64 Å². The Balaban J connectivity index is 1.48. The number of halogens is 1. The SMILES string of the molecule is COc1ccc(-c2n[nH]c3c2C(c2ccc(F)cc2)N(c2ccc(-c4ccon4)cc2)C3=O)cc1. The third kappa shape index (κ3) is 3.47. The Hall–Kier alpha value is -4.72. The van der Waals surface area contributed by atoms with Crippen LogP contribution in [0.4, 0.5) is 10.1 Å². The smallest absolute Gasteiger partial charge is 0.277 e. The summed E-state index contributed by atoms with van der Waals surface area (Å²) in [6.07, 6.45) is 1.51. The first-order chi connectivity index (χ1) is 17.1. The van der Waals surface area contributed by atoms with Gasteiger partial charge in [0.15, 0.2) is 0 Å². The maximum atomic E-state index is 13.8. The van der Waals surface area contributed by atoms with E-state index in [1.54, 1.807) is 30.2 Å². The highest BCUT2D eigenvalue weighted by atomic mass is 19.1. The molecule has 1 atom stereocenters. The van der Waals surface area contributed by atoms with E-state index in [-0.39, 0.29) is 11.7 Å². The molecule has 0 aliphatic carbocycles. The van der Waals surface area contributed by atoms with E-state index >= 15 is 0 Å². The molecule has 1 N–H and O–H groups in total. The first kappa shape index (κ1) is 20.9. The van der Waals surface area contributed by atoms with Gasteiger partial charge in [-0.3, -0.25) is 14.8 Å². The van der Waals surface area contributed by atoms with Gasteiger partial charge in [-0.25, -0.2) is 4.39 Å².